The first-order valence-corrected chi connectivity index (χ1v) is 13.9. The summed E-state index contributed by atoms with van der Waals surface area (Å²) in [6, 6.07) is 17.2. The molecule has 0 atom stereocenters. The molecule has 1 aliphatic heterocycles. The standard InChI is InChI=1S/C29H33ClFN3O2S/c1-22-9-14-25(37-22)20-34(19-23-10-12-24(31)13-11-23)28(35)21-33(18-17-32-15-5-2-6-16-32)29(36)26-7-3-4-8-27(26)30/h3-4,7-14H,2,5-6,15-21H2,1H3. The summed E-state index contributed by atoms with van der Waals surface area (Å²) < 4.78 is 13.5. The summed E-state index contributed by atoms with van der Waals surface area (Å²) in [7, 11) is 0. The third-order valence-corrected chi connectivity index (χ3v) is 7.95. The molecule has 1 aliphatic rings. The Labute approximate surface area is 227 Å². The minimum atomic E-state index is -0.315. The number of piperidine rings is 1. The maximum absolute atomic E-state index is 13.7. The first-order chi connectivity index (χ1) is 17.9. The molecule has 196 valence electrons. The third kappa shape index (κ3) is 7.87. The van der Waals surface area contributed by atoms with Crippen LogP contribution in [-0.2, 0) is 17.9 Å². The van der Waals surface area contributed by atoms with Crippen molar-refractivity contribution in [3.63, 3.8) is 0 Å². The number of thiophene rings is 1. The summed E-state index contributed by atoms with van der Waals surface area (Å²) in [6.07, 6.45) is 3.55. The molecule has 0 aliphatic carbocycles. The van der Waals surface area contributed by atoms with Gasteiger partial charge in [-0.3, -0.25) is 9.59 Å². The minimum absolute atomic E-state index is 0.0521. The molecule has 0 unspecified atom stereocenters. The van der Waals surface area contributed by atoms with Crippen molar-refractivity contribution < 1.29 is 14.0 Å². The van der Waals surface area contributed by atoms with Gasteiger partial charge in [0.25, 0.3) is 5.91 Å². The summed E-state index contributed by atoms with van der Waals surface area (Å²) in [5.41, 5.74) is 1.23. The van der Waals surface area contributed by atoms with E-state index in [-0.39, 0.29) is 24.2 Å². The molecule has 0 spiro atoms. The number of benzene rings is 2. The number of aryl methyl sites for hydroxylation is 1. The average molecular weight is 542 g/mol. The Morgan fingerprint density at radius 3 is 2.35 bits per heavy atom. The maximum Gasteiger partial charge on any atom is 0.255 e. The molecule has 1 saturated heterocycles. The van der Waals surface area contributed by atoms with Crippen LogP contribution in [0.5, 0.6) is 0 Å². The van der Waals surface area contributed by atoms with E-state index in [1.54, 1.807) is 57.5 Å². The smallest absolute Gasteiger partial charge is 0.255 e. The summed E-state index contributed by atoms with van der Waals surface area (Å²) >= 11 is 8.00. The Morgan fingerprint density at radius 1 is 0.946 bits per heavy atom. The van der Waals surface area contributed by atoms with Gasteiger partial charge in [0.1, 0.15) is 12.4 Å². The van der Waals surface area contributed by atoms with Crippen LogP contribution < -0.4 is 0 Å². The highest BCUT2D eigenvalue weighted by Gasteiger charge is 2.25. The zero-order valence-electron chi connectivity index (χ0n) is 21.2. The van der Waals surface area contributed by atoms with Gasteiger partial charge < -0.3 is 14.7 Å². The second-order valence-corrected chi connectivity index (χ2v) is 11.3. The summed E-state index contributed by atoms with van der Waals surface area (Å²) in [6.45, 7) is 5.91. The molecule has 0 radical (unpaired) electrons. The molecule has 37 heavy (non-hydrogen) atoms. The first kappa shape index (κ1) is 27.3. The largest absolute Gasteiger partial charge is 0.332 e. The predicted octanol–water partition coefficient (Wildman–Crippen LogP) is 6.01. The first-order valence-electron chi connectivity index (χ1n) is 12.7. The number of carbonyl (C=O) groups excluding carboxylic acids is 2. The van der Waals surface area contributed by atoms with Crippen molar-refractivity contribution in [2.24, 2.45) is 0 Å². The second-order valence-electron chi connectivity index (χ2n) is 9.50. The van der Waals surface area contributed by atoms with Crippen LogP contribution in [0.25, 0.3) is 0 Å². The lowest BCUT2D eigenvalue weighted by Gasteiger charge is -2.31. The number of carbonyl (C=O) groups is 2. The topological polar surface area (TPSA) is 43.9 Å². The van der Waals surface area contributed by atoms with Crippen LogP contribution in [0.2, 0.25) is 5.02 Å². The number of nitrogens with zero attached hydrogens (tertiary/aromatic N) is 3. The molecule has 8 heteroatoms. The van der Waals surface area contributed by atoms with Crippen LogP contribution in [-0.4, -0.2) is 59.2 Å². The zero-order chi connectivity index (χ0) is 26.2. The fourth-order valence-electron chi connectivity index (χ4n) is 4.57. The molecule has 0 saturated carbocycles. The van der Waals surface area contributed by atoms with Gasteiger partial charge in [-0.05, 0) is 74.8 Å². The van der Waals surface area contributed by atoms with E-state index in [0.717, 1.165) is 36.4 Å². The van der Waals surface area contributed by atoms with Gasteiger partial charge in [-0.2, -0.15) is 0 Å². The summed E-state index contributed by atoms with van der Waals surface area (Å²) in [4.78, 5) is 35.2. The second kappa shape index (κ2) is 13.2. The van der Waals surface area contributed by atoms with E-state index in [4.69, 9.17) is 11.6 Å². The molecule has 2 heterocycles. The van der Waals surface area contributed by atoms with E-state index < -0.39 is 0 Å². The zero-order valence-corrected chi connectivity index (χ0v) is 22.7. The van der Waals surface area contributed by atoms with Gasteiger partial charge in [-0.1, -0.05) is 42.3 Å². The molecule has 1 aromatic heterocycles. The highest BCUT2D eigenvalue weighted by Crippen LogP contribution is 2.21. The fraction of sp³-hybridized carbons (Fsp3) is 0.379. The third-order valence-electron chi connectivity index (χ3n) is 6.63. The normalized spacial score (nSPS) is 13.9. The molecular formula is C29H33ClFN3O2S. The van der Waals surface area contributed by atoms with Gasteiger partial charge in [0.05, 0.1) is 17.1 Å². The lowest BCUT2D eigenvalue weighted by molar-refractivity contribution is -0.133. The van der Waals surface area contributed by atoms with Crippen molar-refractivity contribution in [1.82, 2.24) is 14.7 Å². The van der Waals surface area contributed by atoms with Crippen molar-refractivity contribution in [3.8, 4) is 0 Å². The Bertz CT molecular complexity index is 1190. The number of hydrogen-bond acceptors (Lipinski definition) is 4. The lowest BCUT2D eigenvalue weighted by Crippen LogP contribution is -2.46. The summed E-state index contributed by atoms with van der Waals surface area (Å²) in [5, 5.41) is 0.375. The van der Waals surface area contributed by atoms with E-state index in [2.05, 4.69) is 4.90 Å². The van der Waals surface area contributed by atoms with Gasteiger partial charge in [0.15, 0.2) is 0 Å². The van der Waals surface area contributed by atoms with Crippen LogP contribution in [0, 0.1) is 12.7 Å². The fourth-order valence-corrected chi connectivity index (χ4v) is 5.69. The number of halogens is 2. The predicted molar refractivity (Wildman–Crippen MR) is 147 cm³/mol. The van der Waals surface area contributed by atoms with Crippen molar-refractivity contribution in [1.29, 1.82) is 0 Å². The van der Waals surface area contributed by atoms with Gasteiger partial charge in [0, 0.05) is 29.4 Å². The Kier molecular flexibility index (Phi) is 9.72. The molecule has 2 aromatic carbocycles. The number of hydrogen-bond donors (Lipinski definition) is 0. The highest BCUT2D eigenvalue weighted by molar-refractivity contribution is 7.11. The van der Waals surface area contributed by atoms with Crippen molar-refractivity contribution in [2.45, 2.75) is 39.3 Å². The van der Waals surface area contributed by atoms with E-state index in [9.17, 15) is 14.0 Å². The van der Waals surface area contributed by atoms with Gasteiger partial charge in [-0.25, -0.2) is 4.39 Å². The highest BCUT2D eigenvalue weighted by atomic mass is 35.5. The Hall–Kier alpha value is -2.74. The molecule has 4 rings (SSSR count). The monoisotopic (exact) mass is 541 g/mol. The van der Waals surface area contributed by atoms with Crippen LogP contribution in [0.3, 0.4) is 0 Å². The SMILES string of the molecule is Cc1ccc(CN(Cc2ccc(F)cc2)C(=O)CN(CCN2CCCCC2)C(=O)c2ccccc2Cl)s1. The Morgan fingerprint density at radius 2 is 1.68 bits per heavy atom. The average Bonchev–Trinajstić information content (AvgIpc) is 3.32. The molecule has 2 amide bonds. The van der Waals surface area contributed by atoms with Crippen LogP contribution in [0.4, 0.5) is 4.39 Å². The molecule has 3 aromatic rings. The molecule has 5 nitrogen and oxygen atoms in total. The van der Waals surface area contributed by atoms with E-state index in [1.807, 2.05) is 19.1 Å². The Balaban J connectivity index is 1.54. The van der Waals surface area contributed by atoms with Gasteiger partial charge >= 0.3 is 0 Å². The van der Waals surface area contributed by atoms with E-state index >= 15 is 0 Å². The van der Waals surface area contributed by atoms with Gasteiger partial charge in [-0.15, -0.1) is 11.3 Å². The minimum Gasteiger partial charge on any atom is -0.332 e. The molecular weight excluding hydrogens is 509 g/mol. The van der Waals surface area contributed by atoms with Crippen LogP contribution in [0.1, 0.15) is 44.9 Å². The summed E-state index contributed by atoms with van der Waals surface area (Å²) in [5.74, 6) is -0.719. The van der Waals surface area contributed by atoms with E-state index in [1.165, 1.54) is 23.4 Å². The molecule has 1 fully saturated rings. The number of likely N-dealkylation sites (tertiary alicyclic amines) is 1. The van der Waals surface area contributed by atoms with Crippen LogP contribution >= 0.6 is 22.9 Å². The number of amides is 2. The van der Waals surface area contributed by atoms with E-state index in [0.29, 0.717) is 36.8 Å². The molecule has 0 bridgehead atoms. The van der Waals surface area contributed by atoms with Gasteiger partial charge in [0.2, 0.25) is 5.91 Å². The molecule has 0 N–H and O–H groups in total. The van der Waals surface area contributed by atoms with Crippen molar-refractivity contribution in [3.05, 3.63) is 92.4 Å². The quantitative estimate of drug-likeness (QED) is 0.316. The maximum atomic E-state index is 13.7. The van der Waals surface area contributed by atoms with Crippen LogP contribution in [0.15, 0.2) is 60.7 Å². The number of rotatable bonds is 10. The lowest BCUT2D eigenvalue weighted by atomic mass is 10.1. The van der Waals surface area contributed by atoms with Crippen molar-refractivity contribution in [2.75, 3.05) is 32.7 Å². The van der Waals surface area contributed by atoms with Crippen molar-refractivity contribution >= 4 is 34.8 Å².